The van der Waals surface area contributed by atoms with E-state index in [4.69, 9.17) is 9.72 Å². The fourth-order valence-corrected chi connectivity index (χ4v) is 3.52. The van der Waals surface area contributed by atoms with Crippen LogP contribution in [0.3, 0.4) is 0 Å². The van der Waals surface area contributed by atoms with E-state index in [0.29, 0.717) is 12.6 Å². The van der Waals surface area contributed by atoms with E-state index in [-0.39, 0.29) is 0 Å². The molecule has 0 spiro atoms. The van der Waals surface area contributed by atoms with Crippen LogP contribution in [0.4, 0.5) is 5.82 Å². The lowest BCUT2D eigenvalue weighted by Gasteiger charge is -2.38. The molecule has 0 aromatic carbocycles. The van der Waals surface area contributed by atoms with Crippen molar-refractivity contribution in [1.82, 2.24) is 15.0 Å². The van der Waals surface area contributed by atoms with Crippen molar-refractivity contribution in [2.45, 2.75) is 45.8 Å². The van der Waals surface area contributed by atoms with Gasteiger partial charge in [0.05, 0.1) is 35.9 Å². The summed E-state index contributed by atoms with van der Waals surface area (Å²) in [5, 5.41) is 1.08. The van der Waals surface area contributed by atoms with Crippen molar-refractivity contribution < 1.29 is 4.74 Å². The van der Waals surface area contributed by atoms with Crippen LogP contribution >= 0.6 is 0 Å². The molecule has 0 N–H and O–H groups in total. The lowest BCUT2D eigenvalue weighted by atomic mass is 10.0. The number of aryl methyl sites for hydroxylation is 2. The van der Waals surface area contributed by atoms with Crippen LogP contribution in [-0.4, -0.2) is 34.1 Å². The van der Waals surface area contributed by atoms with E-state index >= 15 is 0 Å². The first-order valence-electron chi connectivity index (χ1n) is 7.71. The Morgan fingerprint density at radius 1 is 1.19 bits per heavy atom. The van der Waals surface area contributed by atoms with E-state index in [1.807, 2.05) is 13.8 Å². The van der Waals surface area contributed by atoms with Crippen LogP contribution in [0.1, 0.15) is 36.5 Å². The quantitative estimate of drug-likeness (QED) is 0.744. The maximum absolute atomic E-state index is 5.92. The molecule has 0 bridgehead atoms. The highest BCUT2D eigenvalue weighted by Crippen LogP contribution is 2.33. The molecule has 1 saturated heterocycles. The van der Waals surface area contributed by atoms with Crippen LogP contribution in [0.5, 0.6) is 0 Å². The highest BCUT2D eigenvalue weighted by Gasteiger charge is 2.29. The predicted molar refractivity (Wildman–Crippen MR) is 81.4 cm³/mol. The van der Waals surface area contributed by atoms with Gasteiger partial charge in [0, 0.05) is 12.2 Å². The standard InChI is InChI=1S/C16H20N4O/c1-10-7-13-15-14(17-10)9-21-8-12-5-3-4-6-20(12)16(15)19-11(2)18-13/h7,12H,3-6,8-9H2,1-2H3. The number of piperidine rings is 1. The largest absolute Gasteiger partial charge is 0.373 e. The molecule has 0 amide bonds. The van der Waals surface area contributed by atoms with Gasteiger partial charge in [-0.3, -0.25) is 4.98 Å². The van der Waals surface area contributed by atoms with Crippen LogP contribution in [0.15, 0.2) is 6.07 Å². The highest BCUT2D eigenvalue weighted by molar-refractivity contribution is 5.92. The van der Waals surface area contributed by atoms with Gasteiger partial charge < -0.3 is 9.64 Å². The SMILES string of the molecule is Cc1cc2nc(C)nc3c2c(n1)COCC1CCCCN31. The number of rotatable bonds is 0. The summed E-state index contributed by atoms with van der Waals surface area (Å²) in [6.45, 7) is 6.35. The summed E-state index contributed by atoms with van der Waals surface area (Å²) in [5.41, 5.74) is 2.96. The summed E-state index contributed by atoms with van der Waals surface area (Å²) in [6.07, 6.45) is 3.67. The number of hydrogen-bond acceptors (Lipinski definition) is 5. The van der Waals surface area contributed by atoms with Crippen molar-refractivity contribution in [2.24, 2.45) is 0 Å². The Labute approximate surface area is 124 Å². The Morgan fingerprint density at radius 2 is 2.10 bits per heavy atom. The molecule has 5 nitrogen and oxygen atoms in total. The van der Waals surface area contributed by atoms with E-state index in [1.165, 1.54) is 19.3 Å². The zero-order valence-corrected chi connectivity index (χ0v) is 12.6. The van der Waals surface area contributed by atoms with E-state index in [9.17, 15) is 0 Å². The summed E-state index contributed by atoms with van der Waals surface area (Å²) in [6, 6.07) is 2.49. The molecule has 1 unspecified atom stereocenters. The van der Waals surface area contributed by atoms with Crippen molar-refractivity contribution in [3.8, 4) is 0 Å². The molecule has 0 aliphatic carbocycles. The predicted octanol–water partition coefficient (Wildman–Crippen LogP) is 2.53. The Hall–Kier alpha value is -1.75. The Balaban J connectivity index is 2.00. The average molecular weight is 284 g/mol. The fourth-order valence-electron chi connectivity index (χ4n) is 3.52. The van der Waals surface area contributed by atoms with Crippen molar-refractivity contribution in [3.63, 3.8) is 0 Å². The van der Waals surface area contributed by atoms with Crippen molar-refractivity contribution in [2.75, 3.05) is 18.1 Å². The van der Waals surface area contributed by atoms with Gasteiger partial charge in [0.25, 0.3) is 0 Å². The molecule has 4 heterocycles. The summed E-state index contributed by atoms with van der Waals surface area (Å²) in [7, 11) is 0. The first-order valence-corrected chi connectivity index (χ1v) is 7.71. The molecule has 5 heteroatoms. The van der Waals surface area contributed by atoms with Crippen molar-refractivity contribution in [1.29, 1.82) is 0 Å². The smallest absolute Gasteiger partial charge is 0.142 e. The highest BCUT2D eigenvalue weighted by atomic mass is 16.5. The normalized spacial score (nSPS) is 21.8. The molecule has 0 radical (unpaired) electrons. The molecule has 1 fully saturated rings. The number of aromatic nitrogens is 3. The summed E-state index contributed by atoms with van der Waals surface area (Å²) in [4.78, 5) is 16.5. The van der Waals surface area contributed by atoms with Crippen LogP contribution in [-0.2, 0) is 11.3 Å². The van der Waals surface area contributed by atoms with E-state index in [1.54, 1.807) is 0 Å². The fraction of sp³-hybridized carbons (Fsp3) is 0.562. The first kappa shape index (κ1) is 13.0. The number of pyridine rings is 1. The van der Waals surface area contributed by atoms with Crippen LogP contribution in [0.25, 0.3) is 10.9 Å². The van der Waals surface area contributed by atoms with Gasteiger partial charge in [-0.1, -0.05) is 0 Å². The van der Waals surface area contributed by atoms with Gasteiger partial charge in [-0.05, 0) is 39.2 Å². The summed E-state index contributed by atoms with van der Waals surface area (Å²) < 4.78 is 5.92. The Bertz CT molecular complexity index is 695. The maximum Gasteiger partial charge on any atom is 0.142 e. The third kappa shape index (κ3) is 2.16. The zero-order chi connectivity index (χ0) is 14.4. The molecule has 2 aromatic heterocycles. The topological polar surface area (TPSA) is 51.1 Å². The molecule has 110 valence electrons. The number of hydrogen-bond donors (Lipinski definition) is 0. The molecule has 2 aliphatic heterocycles. The monoisotopic (exact) mass is 284 g/mol. The Kier molecular flexibility index (Phi) is 3.03. The van der Waals surface area contributed by atoms with Gasteiger partial charge in [0.2, 0.25) is 0 Å². The van der Waals surface area contributed by atoms with Gasteiger partial charge in [-0.25, -0.2) is 9.97 Å². The molecule has 1 atom stereocenters. The first-order chi connectivity index (χ1) is 10.2. The van der Waals surface area contributed by atoms with Gasteiger partial charge in [0.1, 0.15) is 11.6 Å². The van der Waals surface area contributed by atoms with Crippen LogP contribution in [0.2, 0.25) is 0 Å². The maximum atomic E-state index is 5.92. The third-order valence-corrected chi connectivity index (χ3v) is 4.42. The van der Waals surface area contributed by atoms with Crippen molar-refractivity contribution >= 4 is 16.7 Å². The second kappa shape index (κ2) is 4.91. The minimum atomic E-state index is 0.436. The van der Waals surface area contributed by atoms with Crippen LogP contribution < -0.4 is 4.90 Å². The number of anilines is 1. The second-order valence-corrected chi connectivity index (χ2v) is 6.06. The lowest BCUT2D eigenvalue weighted by molar-refractivity contribution is 0.0962. The minimum absolute atomic E-state index is 0.436. The molecule has 0 saturated carbocycles. The van der Waals surface area contributed by atoms with Gasteiger partial charge in [0.15, 0.2) is 0 Å². The summed E-state index contributed by atoms with van der Waals surface area (Å²) >= 11 is 0. The van der Waals surface area contributed by atoms with Gasteiger partial charge in [-0.2, -0.15) is 0 Å². The zero-order valence-electron chi connectivity index (χ0n) is 12.6. The molecular weight excluding hydrogens is 264 g/mol. The third-order valence-electron chi connectivity index (χ3n) is 4.42. The second-order valence-electron chi connectivity index (χ2n) is 6.06. The average Bonchev–Trinajstić information content (AvgIpc) is 2.44. The Morgan fingerprint density at radius 3 is 3.00 bits per heavy atom. The molecule has 21 heavy (non-hydrogen) atoms. The van der Waals surface area contributed by atoms with E-state index < -0.39 is 0 Å². The van der Waals surface area contributed by atoms with Crippen molar-refractivity contribution in [3.05, 3.63) is 23.3 Å². The van der Waals surface area contributed by atoms with E-state index in [2.05, 4.69) is 20.9 Å². The number of nitrogens with zero attached hydrogens (tertiary/aromatic N) is 4. The number of fused-ring (bicyclic) bond motifs is 2. The van der Waals surface area contributed by atoms with Crippen LogP contribution in [0, 0.1) is 13.8 Å². The number of ether oxygens (including phenoxy) is 1. The summed E-state index contributed by atoms with van der Waals surface area (Å²) in [5.74, 6) is 1.90. The van der Waals surface area contributed by atoms with E-state index in [0.717, 1.165) is 47.1 Å². The molecule has 2 aliphatic rings. The molecular formula is C16H20N4O. The lowest BCUT2D eigenvalue weighted by Crippen LogP contribution is -2.44. The molecule has 2 aromatic rings. The van der Waals surface area contributed by atoms with Gasteiger partial charge in [-0.15, -0.1) is 0 Å². The van der Waals surface area contributed by atoms with Gasteiger partial charge >= 0.3 is 0 Å². The molecule has 4 rings (SSSR count). The minimum Gasteiger partial charge on any atom is -0.373 e.